The lowest BCUT2D eigenvalue weighted by molar-refractivity contribution is 0.401. The number of hydrogen-bond donors (Lipinski definition) is 3. The molecule has 1 aromatic heterocycles. The van der Waals surface area contributed by atoms with Crippen LogP contribution >= 0.6 is 0 Å². The second kappa shape index (κ2) is 6.98. The molecular formula is C18H15N3O5. The van der Waals surface area contributed by atoms with Crippen LogP contribution in [0.15, 0.2) is 63.1 Å². The summed E-state index contributed by atoms with van der Waals surface area (Å²) in [6.45, 7) is 0. The smallest absolute Gasteiger partial charge is 0.335 e. The Bertz CT molecular complexity index is 1100. The molecule has 2 aromatic carbocycles. The van der Waals surface area contributed by atoms with Crippen LogP contribution in [0.1, 0.15) is 5.56 Å². The molecule has 3 aromatic rings. The van der Waals surface area contributed by atoms with Crippen molar-refractivity contribution in [2.45, 2.75) is 0 Å². The summed E-state index contributed by atoms with van der Waals surface area (Å²) in [5.74, 6) is -0.225. The van der Waals surface area contributed by atoms with Crippen molar-refractivity contribution >= 4 is 11.9 Å². The molecule has 3 N–H and O–H groups in total. The molecule has 26 heavy (non-hydrogen) atoms. The zero-order valence-corrected chi connectivity index (χ0v) is 13.7. The number of rotatable bonds is 4. The van der Waals surface area contributed by atoms with Gasteiger partial charge in [-0.1, -0.05) is 18.2 Å². The quantitative estimate of drug-likeness (QED) is 0.617. The van der Waals surface area contributed by atoms with Crippen molar-refractivity contribution in [1.29, 1.82) is 0 Å². The van der Waals surface area contributed by atoms with E-state index in [4.69, 9.17) is 4.74 Å². The largest absolute Gasteiger partial charge is 0.508 e. The summed E-state index contributed by atoms with van der Waals surface area (Å²) in [6.07, 6.45) is 1.12. The number of H-pyrrole nitrogens is 1. The van der Waals surface area contributed by atoms with Gasteiger partial charge in [-0.05, 0) is 24.3 Å². The molecule has 1 heterocycles. The van der Waals surface area contributed by atoms with Crippen LogP contribution in [0.2, 0.25) is 0 Å². The van der Waals surface area contributed by atoms with Gasteiger partial charge in [0.25, 0.3) is 5.56 Å². The number of aromatic nitrogens is 2. The molecule has 0 aliphatic heterocycles. The Morgan fingerprint density at radius 1 is 1.12 bits per heavy atom. The number of hydrogen-bond acceptors (Lipinski definition) is 6. The van der Waals surface area contributed by atoms with Gasteiger partial charge in [-0.25, -0.2) is 9.36 Å². The van der Waals surface area contributed by atoms with E-state index in [1.807, 2.05) is 0 Å². The second-order valence-electron chi connectivity index (χ2n) is 5.28. The Kier molecular flexibility index (Phi) is 4.57. The van der Waals surface area contributed by atoms with Crippen LogP contribution in [0, 0.1) is 0 Å². The Balaban J connectivity index is 2.16. The number of aromatic amines is 1. The number of aliphatic imine (C=N–C) groups is 1. The van der Waals surface area contributed by atoms with E-state index >= 15 is 0 Å². The lowest BCUT2D eigenvalue weighted by Gasteiger charge is -2.12. The molecule has 0 fully saturated rings. The summed E-state index contributed by atoms with van der Waals surface area (Å²) < 4.78 is 6.12. The summed E-state index contributed by atoms with van der Waals surface area (Å²) in [6, 6.07) is 12.6. The number of phenols is 1. The second-order valence-corrected chi connectivity index (χ2v) is 5.28. The van der Waals surface area contributed by atoms with Crippen molar-refractivity contribution < 1.29 is 14.9 Å². The minimum absolute atomic E-state index is 0.0109. The first kappa shape index (κ1) is 17.0. The molecule has 3 rings (SSSR count). The van der Waals surface area contributed by atoms with Gasteiger partial charge in [0, 0.05) is 12.3 Å². The number of benzene rings is 2. The van der Waals surface area contributed by atoms with Crippen molar-refractivity contribution in [2.24, 2.45) is 4.99 Å². The third-order valence-electron chi connectivity index (χ3n) is 3.62. The maximum atomic E-state index is 12.2. The maximum absolute atomic E-state index is 12.2. The molecule has 8 heteroatoms. The Labute approximate surface area is 147 Å². The van der Waals surface area contributed by atoms with Gasteiger partial charge in [-0.3, -0.25) is 14.8 Å². The van der Waals surface area contributed by atoms with Crippen molar-refractivity contribution in [3.63, 3.8) is 0 Å². The zero-order valence-electron chi connectivity index (χ0n) is 13.7. The first-order valence-corrected chi connectivity index (χ1v) is 7.56. The van der Waals surface area contributed by atoms with Crippen molar-refractivity contribution in [3.8, 4) is 23.1 Å². The van der Waals surface area contributed by atoms with Gasteiger partial charge in [0.1, 0.15) is 17.1 Å². The highest BCUT2D eigenvalue weighted by Crippen LogP contribution is 2.25. The summed E-state index contributed by atoms with van der Waals surface area (Å²) in [5, 5.41) is 20.0. The van der Waals surface area contributed by atoms with E-state index in [0.717, 1.165) is 10.8 Å². The molecule has 0 bridgehead atoms. The van der Waals surface area contributed by atoms with E-state index in [1.165, 1.54) is 19.2 Å². The van der Waals surface area contributed by atoms with Crippen LogP contribution < -0.4 is 16.0 Å². The fourth-order valence-electron chi connectivity index (χ4n) is 2.41. The molecule has 132 valence electrons. The van der Waals surface area contributed by atoms with Gasteiger partial charge in [0.2, 0.25) is 5.88 Å². The van der Waals surface area contributed by atoms with E-state index in [0.29, 0.717) is 11.4 Å². The zero-order chi connectivity index (χ0) is 18.7. The maximum Gasteiger partial charge on any atom is 0.335 e. The van der Waals surface area contributed by atoms with Crippen LogP contribution in [0.3, 0.4) is 0 Å². The van der Waals surface area contributed by atoms with Gasteiger partial charge in [0.15, 0.2) is 0 Å². The summed E-state index contributed by atoms with van der Waals surface area (Å²) >= 11 is 0. The van der Waals surface area contributed by atoms with E-state index < -0.39 is 17.1 Å². The predicted octanol–water partition coefficient (Wildman–Crippen LogP) is 1.70. The van der Waals surface area contributed by atoms with Gasteiger partial charge in [-0.2, -0.15) is 0 Å². The SMILES string of the molecule is COc1ccccc1-n1c(O)c(C=Nc2cccc(O)c2)c(=O)[nH]c1=O. The van der Waals surface area contributed by atoms with E-state index in [1.54, 1.807) is 36.4 Å². The van der Waals surface area contributed by atoms with Crippen molar-refractivity contribution in [1.82, 2.24) is 9.55 Å². The molecule has 0 saturated carbocycles. The van der Waals surface area contributed by atoms with E-state index in [9.17, 15) is 19.8 Å². The molecule has 8 nitrogen and oxygen atoms in total. The third kappa shape index (κ3) is 3.20. The molecule has 0 saturated heterocycles. The van der Waals surface area contributed by atoms with E-state index in [2.05, 4.69) is 9.98 Å². The lowest BCUT2D eigenvalue weighted by atomic mass is 10.2. The van der Waals surface area contributed by atoms with Crippen LogP contribution in [-0.4, -0.2) is 33.1 Å². The highest BCUT2D eigenvalue weighted by molar-refractivity contribution is 5.84. The molecular weight excluding hydrogens is 338 g/mol. The first-order chi connectivity index (χ1) is 12.5. The van der Waals surface area contributed by atoms with Gasteiger partial charge >= 0.3 is 5.69 Å². The fourth-order valence-corrected chi connectivity index (χ4v) is 2.41. The highest BCUT2D eigenvalue weighted by Gasteiger charge is 2.16. The molecule has 0 atom stereocenters. The van der Waals surface area contributed by atoms with Crippen LogP contribution in [0.25, 0.3) is 5.69 Å². The van der Waals surface area contributed by atoms with Crippen molar-refractivity contribution in [2.75, 3.05) is 7.11 Å². The van der Waals surface area contributed by atoms with E-state index in [-0.39, 0.29) is 17.0 Å². The van der Waals surface area contributed by atoms with Gasteiger partial charge in [-0.15, -0.1) is 0 Å². The number of nitrogens with zero attached hydrogens (tertiary/aromatic N) is 2. The normalized spacial score (nSPS) is 11.0. The van der Waals surface area contributed by atoms with Crippen LogP contribution in [0.4, 0.5) is 5.69 Å². The number of aromatic hydroxyl groups is 2. The minimum Gasteiger partial charge on any atom is -0.508 e. The van der Waals surface area contributed by atoms with Gasteiger partial charge < -0.3 is 14.9 Å². The first-order valence-electron chi connectivity index (χ1n) is 7.56. The fraction of sp³-hybridized carbons (Fsp3) is 0.0556. The average molecular weight is 353 g/mol. The summed E-state index contributed by atoms with van der Waals surface area (Å²) in [5.41, 5.74) is -1.17. The number of phenolic OH excluding ortho intramolecular Hbond substituents is 1. The molecule has 0 radical (unpaired) electrons. The number of ether oxygens (including phenoxy) is 1. The standard InChI is InChI=1S/C18H15N3O5/c1-26-15-8-3-2-7-14(15)21-17(24)13(16(23)20-18(21)25)10-19-11-5-4-6-12(22)9-11/h2-10,22,24H,1H3,(H,20,23,25). The summed E-state index contributed by atoms with van der Waals surface area (Å²) in [7, 11) is 1.43. The van der Waals surface area contributed by atoms with Crippen molar-refractivity contribution in [3.05, 3.63) is 74.9 Å². The highest BCUT2D eigenvalue weighted by atomic mass is 16.5. The van der Waals surface area contributed by atoms with Crippen LogP contribution in [0.5, 0.6) is 17.4 Å². The topological polar surface area (TPSA) is 117 Å². The number of methoxy groups -OCH3 is 1. The molecule has 0 amide bonds. The lowest BCUT2D eigenvalue weighted by Crippen LogP contribution is -2.31. The molecule has 0 spiro atoms. The molecule has 0 aliphatic rings. The summed E-state index contributed by atoms with van der Waals surface area (Å²) in [4.78, 5) is 30.5. The van der Waals surface area contributed by atoms with Crippen LogP contribution in [-0.2, 0) is 0 Å². The monoisotopic (exact) mass is 353 g/mol. The third-order valence-corrected chi connectivity index (χ3v) is 3.62. The van der Waals surface area contributed by atoms with Gasteiger partial charge in [0.05, 0.1) is 18.5 Å². The Morgan fingerprint density at radius 3 is 2.62 bits per heavy atom. The molecule has 0 unspecified atom stereocenters. The average Bonchev–Trinajstić information content (AvgIpc) is 2.61. The Hall–Kier alpha value is -3.81. The predicted molar refractivity (Wildman–Crippen MR) is 96.2 cm³/mol. The number of nitrogens with one attached hydrogen (secondary N) is 1. The number of para-hydroxylation sites is 2. The minimum atomic E-state index is -0.813. The Morgan fingerprint density at radius 2 is 1.88 bits per heavy atom. The molecule has 0 aliphatic carbocycles.